The van der Waals surface area contributed by atoms with Crippen LogP contribution in [0.5, 0.6) is 0 Å². The van der Waals surface area contributed by atoms with Crippen molar-refractivity contribution in [1.82, 2.24) is 4.90 Å². The van der Waals surface area contributed by atoms with Crippen molar-refractivity contribution < 1.29 is 14.4 Å². The van der Waals surface area contributed by atoms with Gasteiger partial charge >= 0.3 is 0 Å². The van der Waals surface area contributed by atoms with Crippen molar-refractivity contribution in [3.63, 3.8) is 0 Å². The minimum atomic E-state index is -1.16. The molecule has 2 aromatic carbocycles. The molecule has 3 saturated heterocycles. The predicted molar refractivity (Wildman–Crippen MR) is 115 cm³/mol. The third-order valence-corrected chi connectivity index (χ3v) is 7.75. The normalized spacial score (nSPS) is 32.0. The molecule has 4 aliphatic rings. The lowest BCUT2D eigenvalue weighted by Gasteiger charge is -2.36. The van der Waals surface area contributed by atoms with Crippen LogP contribution in [0, 0.1) is 11.8 Å². The highest BCUT2D eigenvalue weighted by atomic mass is 79.9. The molecule has 4 aliphatic heterocycles. The molecule has 6 nitrogen and oxygen atoms in total. The summed E-state index contributed by atoms with van der Waals surface area (Å²) in [4.78, 5) is 44.2. The van der Waals surface area contributed by atoms with Gasteiger partial charge in [-0.2, -0.15) is 0 Å². The van der Waals surface area contributed by atoms with Crippen LogP contribution in [0.15, 0.2) is 46.9 Å². The Hall–Kier alpha value is -2.22. The fourth-order valence-corrected chi connectivity index (χ4v) is 6.59. The summed E-state index contributed by atoms with van der Waals surface area (Å²) in [5, 5.41) is 3.43. The van der Waals surface area contributed by atoms with Crippen molar-refractivity contribution in [2.24, 2.45) is 11.8 Å². The molecule has 4 heterocycles. The SMILES string of the molecule is O=C1[C@H]2[C@@H](C(=O)N1c1cccc(Cl)c1)[C@@]1(C(=O)Nc3ccc(Br)cc31)N1CCC[C@@H]21. The van der Waals surface area contributed by atoms with E-state index in [9.17, 15) is 14.4 Å². The van der Waals surface area contributed by atoms with E-state index in [0.29, 0.717) is 22.9 Å². The number of rotatable bonds is 1. The number of benzene rings is 2. The summed E-state index contributed by atoms with van der Waals surface area (Å²) in [7, 11) is 0. The third kappa shape index (κ3) is 2.10. The van der Waals surface area contributed by atoms with E-state index in [2.05, 4.69) is 26.1 Å². The van der Waals surface area contributed by atoms with Crippen molar-refractivity contribution in [3.05, 3.63) is 57.5 Å². The molecule has 0 aromatic heterocycles. The zero-order valence-corrected chi connectivity index (χ0v) is 18.1. The van der Waals surface area contributed by atoms with Crippen LogP contribution in [0.4, 0.5) is 11.4 Å². The zero-order chi connectivity index (χ0) is 20.8. The van der Waals surface area contributed by atoms with Gasteiger partial charge in [-0.3, -0.25) is 19.3 Å². The molecule has 0 radical (unpaired) electrons. The van der Waals surface area contributed by atoms with Crippen LogP contribution < -0.4 is 10.2 Å². The Morgan fingerprint density at radius 3 is 2.73 bits per heavy atom. The van der Waals surface area contributed by atoms with E-state index in [4.69, 9.17) is 11.6 Å². The van der Waals surface area contributed by atoms with Crippen molar-refractivity contribution in [2.75, 3.05) is 16.8 Å². The average Bonchev–Trinajstić information content (AvgIpc) is 3.40. The Morgan fingerprint density at radius 2 is 1.93 bits per heavy atom. The average molecular weight is 487 g/mol. The zero-order valence-electron chi connectivity index (χ0n) is 15.8. The minimum Gasteiger partial charge on any atom is -0.324 e. The fraction of sp³-hybridized carbons (Fsp3) is 0.318. The number of fused-ring (bicyclic) bond motifs is 7. The maximum atomic E-state index is 13.8. The van der Waals surface area contributed by atoms with Gasteiger partial charge in [0.15, 0.2) is 0 Å². The van der Waals surface area contributed by atoms with Gasteiger partial charge in [-0.15, -0.1) is 0 Å². The Morgan fingerprint density at radius 1 is 1.10 bits per heavy atom. The van der Waals surface area contributed by atoms with Gasteiger partial charge in [0, 0.05) is 26.8 Å². The summed E-state index contributed by atoms with van der Waals surface area (Å²) in [6, 6.07) is 12.2. The van der Waals surface area contributed by atoms with E-state index >= 15 is 0 Å². The number of amides is 3. The van der Waals surface area contributed by atoms with Crippen molar-refractivity contribution in [2.45, 2.75) is 24.4 Å². The number of hydrogen-bond acceptors (Lipinski definition) is 4. The minimum absolute atomic E-state index is 0.133. The Balaban J connectivity index is 1.57. The number of halogens is 2. The molecule has 0 aliphatic carbocycles. The summed E-state index contributed by atoms with van der Waals surface area (Å²) in [5.41, 5.74) is 0.774. The molecule has 3 fully saturated rings. The van der Waals surface area contributed by atoms with E-state index in [1.54, 1.807) is 24.3 Å². The van der Waals surface area contributed by atoms with Crippen LogP contribution >= 0.6 is 27.5 Å². The molecule has 30 heavy (non-hydrogen) atoms. The summed E-state index contributed by atoms with van der Waals surface area (Å²) < 4.78 is 0.833. The molecule has 0 bridgehead atoms. The lowest BCUT2D eigenvalue weighted by atomic mass is 9.75. The van der Waals surface area contributed by atoms with Crippen LogP contribution in [0.25, 0.3) is 0 Å². The lowest BCUT2D eigenvalue weighted by molar-refractivity contribution is -0.135. The molecular formula is C22H17BrClN3O3. The predicted octanol–water partition coefficient (Wildman–Crippen LogP) is 3.53. The Labute approximate surface area is 186 Å². The van der Waals surface area contributed by atoms with Crippen LogP contribution in [0.2, 0.25) is 5.02 Å². The van der Waals surface area contributed by atoms with Crippen LogP contribution in [-0.2, 0) is 19.9 Å². The van der Waals surface area contributed by atoms with Gasteiger partial charge in [-0.1, -0.05) is 33.6 Å². The van der Waals surface area contributed by atoms with E-state index in [1.807, 2.05) is 18.2 Å². The maximum absolute atomic E-state index is 13.8. The van der Waals surface area contributed by atoms with Gasteiger partial charge in [0.05, 0.1) is 17.5 Å². The first-order valence-electron chi connectivity index (χ1n) is 9.96. The summed E-state index contributed by atoms with van der Waals surface area (Å²) in [5.74, 6) is -2.09. The monoisotopic (exact) mass is 485 g/mol. The van der Waals surface area contributed by atoms with Gasteiger partial charge in [-0.05, 0) is 55.8 Å². The largest absolute Gasteiger partial charge is 0.324 e. The first kappa shape index (κ1) is 18.5. The second kappa shape index (κ2) is 6.15. The molecular weight excluding hydrogens is 470 g/mol. The number of nitrogens with zero attached hydrogens (tertiary/aromatic N) is 2. The highest BCUT2D eigenvalue weighted by Gasteiger charge is 2.74. The summed E-state index contributed by atoms with van der Waals surface area (Å²) >= 11 is 9.64. The van der Waals surface area contributed by atoms with E-state index in [-0.39, 0.29) is 23.8 Å². The number of nitrogens with one attached hydrogen (secondary N) is 1. The molecule has 1 N–H and O–H groups in total. The van der Waals surface area contributed by atoms with Crippen LogP contribution in [-0.4, -0.2) is 35.2 Å². The topological polar surface area (TPSA) is 69.7 Å². The Bertz CT molecular complexity index is 1150. The molecule has 1 spiro atoms. The Kier molecular flexibility index (Phi) is 3.80. The van der Waals surface area contributed by atoms with E-state index < -0.39 is 17.4 Å². The number of carbonyl (C=O) groups excluding carboxylic acids is 3. The highest BCUT2D eigenvalue weighted by molar-refractivity contribution is 9.10. The molecule has 8 heteroatoms. The molecule has 152 valence electrons. The second-order valence-corrected chi connectivity index (χ2v) is 9.66. The van der Waals surface area contributed by atoms with Gasteiger partial charge in [0.1, 0.15) is 5.54 Å². The lowest BCUT2D eigenvalue weighted by Crippen LogP contribution is -2.54. The molecule has 3 amide bonds. The van der Waals surface area contributed by atoms with Crippen molar-refractivity contribution in [3.8, 4) is 0 Å². The number of imide groups is 1. The number of hydrogen-bond donors (Lipinski definition) is 1. The van der Waals surface area contributed by atoms with Gasteiger partial charge in [0.25, 0.3) is 0 Å². The van der Waals surface area contributed by atoms with E-state index in [0.717, 1.165) is 22.9 Å². The second-order valence-electron chi connectivity index (χ2n) is 8.31. The molecule has 0 unspecified atom stereocenters. The standard InChI is InChI=1S/C22H17BrClN3O3/c23-11-6-7-15-14(9-11)22(21(30)25-15)18-17(16-5-2-8-26(16)22)19(28)27(20(18)29)13-4-1-3-12(24)10-13/h1,3-4,6-7,9-10,16-18H,2,5,8H2,(H,25,30)/t16-,17+,18-,22-/m0/s1. The maximum Gasteiger partial charge on any atom is 0.250 e. The quantitative estimate of drug-likeness (QED) is 0.626. The van der Waals surface area contributed by atoms with Gasteiger partial charge < -0.3 is 5.32 Å². The first-order valence-corrected chi connectivity index (χ1v) is 11.1. The van der Waals surface area contributed by atoms with Gasteiger partial charge in [-0.25, -0.2) is 4.90 Å². The molecule has 0 saturated carbocycles. The smallest absolute Gasteiger partial charge is 0.250 e. The molecule has 2 aromatic rings. The van der Waals surface area contributed by atoms with Crippen molar-refractivity contribution in [1.29, 1.82) is 0 Å². The van der Waals surface area contributed by atoms with Crippen LogP contribution in [0.1, 0.15) is 18.4 Å². The van der Waals surface area contributed by atoms with Crippen molar-refractivity contribution >= 4 is 56.6 Å². The highest BCUT2D eigenvalue weighted by Crippen LogP contribution is 2.60. The fourth-order valence-electron chi connectivity index (χ4n) is 6.04. The third-order valence-electron chi connectivity index (χ3n) is 7.02. The molecule has 4 atom stereocenters. The molecule has 6 rings (SSSR count). The number of carbonyl (C=O) groups is 3. The summed E-state index contributed by atoms with van der Waals surface area (Å²) in [6.07, 6.45) is 1.69. The first-order chi connectivity index (χ1) is 14.4. The number of anilines is 2. The van der Waals surface area contributed by atoms with Crippen LogP contribution in [0.3, 0.4) is 0 Å². The van der Waals surface area contributed by atoms with Gasteiger partial charge in [0.2, 0.25) is 17.7 Å². The van der Waals surface area contributed by atoms with E-state index in [1.165, 1.54) is 4.90 Å². The summed E-state index contributed by atoms with van der Waals surface area (Å²) in [6.45, 7) is 0.689.